The van der Waals surface area contributed by atoms with Crippen LogP contribution >= 0.6 is 0 Å². The number of rotatable bonds is 2. The number of hydrogen-bond donors (Lipinski definition) is 0. The fourth-order valence-corrected chi connectivity index (χ4v) is 2.03. The van der Waals surface area contributed by atoms with Gasteiger partial charge < -0.3 is 0 Å². The van der Waals surface area contributed by atoms with E-state index in [4.69, 9.17) is 0 Å². The number of halogens is 3. The molecule has 1 atom stereocenters. The number of nitrogens with zero attached hydrogens (tertiary/aromatic N) is 1. The van der Waals surface area contributed by atoms with Gasteiger partial charge in [0.15, 0.2) is 0 Å². The van der Waals surface area contributed by atoms with E-state index in [1.54, 1.807) is 4.90 Å². The van der Waals surface area contributed by atoms with Crippen LogP contribution in [0, 0.1) is 5.92 Å². The summed E-state index contributed by atoms with van der Waals surface area (Å²) in [5.41, 5.74) is 0. The molecule has 0 aromatic rings. The Balaban J connectivity index is 2.49. The van der Waals surface area contributed by atoms with Crippen LogP contribution in [-0.2, 0) is 0 Å². The van der Waals surface area contributed by atoms with Crippen LogP contribution in [0.4, 0.5) is 13.2 Å². The third-order valence-corrected chi connectivity index (χ3v) is 2.57. The molecule has 1 fully saturated rings. The van der Waals surface area contributed by atoms with Crippen molar-refractivity contribution in [3.63, 3.8) is 0 Å². The summed E-state index contributed by atoms with van der Waals surface area (Å²) in [5.74, 6) is 0.324. The summed E-state index contributed by atoms with van der Waals surface area (Å²) in [4.78, 5) is 1.56. The molecule has 1 aliphatic heterocycles. The van der Waals surface area contributed by atoms with Crippen molar-refractivity contribution in [1.82, 2.24) is 4.90 Å². The fraction of sp³-hybridized carbons (Fsp3) is 1.00. The first kappa shape index (κ1) is 10.8. The highest BCUT2D eigenvalue weighted by atomic mass is 19.4. The predicted octanol–water partition coefficient (Wildman–Crippen LogP) is 2.67. The summed E-state index contributed by atoms with van der Waals surface area (Å²) < 4.78 is 36.3. The highest BCUT2D eigenvalue weighted by Crippen LogP contribution is 2.27. The highest BCUT2D eigenvalue weighted by molar-refractivity contribution is 4.82. The minimum absolute atomic E-state index is 0.127. The van der Waals surface area contributed by atoms with Crippen LogP contribution in [0.5, 0.6) is 0 Å². The second kappa shape index (κ2) is 3.86. The number of hydrogen-bond acceptors (Lipinski definition) is 1. The lowest BCUT2D eigenvalue weighted by atomic mass is 10.0. The van der Waals surface area contributed by atoms with Crippen LogP contribution in [-0.4, -0.2) is 30.2 Å². The first-order valence-corrected chi connectivity index (χ1v) is 4.71. The molecule has 1 saturated heterocycles. The topological polar surface area (TPSA) is 3.24 Å². The summed E-state index contributed by atoms with van der Waals surface area (Å²) in [5, 5.41) is 0. The van der Waals surface area contributed by atoms with Crippen LogP contribution in [0.1, 0.15) is 26.7 Å². The highest BCUT2D eigenvalue weighted by Gasteiger charge is 2.36. The van der Waals surface area contributed by atoms with Crippen molar-refractivity contribution in [2.75, 3.05) is 13.1 Å². The van der Waals surface area contributed by atoms with Gasteiger partial charge in [0.2, 0.25) is 0 Å². The Morgan fingerprint density at radius 1 is 1.38 bits per heavy atom. The van der Waals surface area contributed by atoms with Gasteiger partial charge in [-0.3, -0.25) is 4.90 Å². The van der Waals surface area contributed by atoms with E-state index in [-0.39, 0.29) is 6.04 Å². The second-order valence-corrected chi connectivity index (χ2v) is 4.04. The summed E-state index contributed by atoms with van der Waals surface area (Å²) in [6.07, 6.45) is -2.23. The molecule has 0 aromatic carbocycles. The summed E-state index contributed by atoms with van der Waals surface area (Å²) in [6.45, 7) is 3.83. The molecule has 1 rings (SSSR count). The van der Waals surface area contributed by atoms with Crippen LogP contribution in [0.3, 0.4) is 0 Å². The molecule has 1 aliphatic rings. The standard InChI is InChI=1S/C9H16F3N/c1-7(2)8-4-3-5-13(8)6-9(10,11)12/h7-8H,3-6H2,1-2H3. The SMILES string of the molecule is CC(C)C1CCCN1CC(F)(F)F. The summed E-state index contributed by atoms with van der Waals surface area (Å²) >= 11 is 0. The maximum Gasteiger partial charge on any atom is 0.401 e. The molecule has 0 spiro atoms. The van der Waals surface area contributed by atoms with Gasteiger partial charge in [0.1, 0.15) is 0 Å². The first-order chi connectivity index (χ1) is 5.90. The normalized spacial score (nSPS) is 25.8. The molecule has 13 heavy (non-hydrogen) atoms. The van der Waals surface area contributed by atoms with Gasteiger partial charge in [0.25, 0.3) is 0 Å². The fourth-order valence-electron chi connectivity index (χ4n) is 2.03. The Morgan fingerprint density at radius 2 is 2.00 bits per heavy atom. The van der Waals surface area contributed by atoms with E-state index in [9.17, 15) is 13.2 Å². The molecule has 0 N–H and O–H groups in total. The van der Waals surface area contributed by atoms with E-state index in [2.05, 4.69) is 0 Å². The average molecular weight is 195 g/mol. The van der Waals surface area contributed by atoms with Gasteiger partial charge in [-0.15, -0.1) is 0 Å². The third kappa shape index (κ3) is 3.18. The Labute approximate surface area is 76.9 Å². The molecule has 0 radical (unpaired) electrons. The lowest BCUT2D eigenvalue weighted by Gasteiger charge is -2.28. The maximum atomic E-state index is 12.1. The summed E-state index contributed by atoms with van der Waals surface area (Å²) in [6, 6.07) is 0.127. The largest absolute Gasteiger partial charge is 0.401 e. The molecular weight excluding hydrogens is 179 g/mol. The minimum Gasteiger partial charge on any atom is -0.292 e. The monoisotopic (exact) mass is 195 g/mol. The second-order valence-electron chi connectivity index (χ2n) is 4.04. The molecule has 1 heterocycles. The van der Waals surface area contributed by atoms with Gasteiger partial charge >= 0.3 is 6.18 Å². The minimum atomic E-state index is -4.04. The van der Waals surface area contributed by atoms with Gasteiger partial charge in [-0.05, 0) is 25.3 Å². The number of likely N-dealkylation sites (tertiary alicyclic amines) is 1. The van der Waals surface area contributed by atoms with Crippen LogP contribution < -0.4 is 0 Å². The summed E-state index contributed by atoms with van der Waals surface area (Å²) in [7, 11) is 0. The Morgan fingerprint density at radius 3 is 2.46 bits per heavy atom. The van der Waals surface area contributed by atoms with E-state index in [0.29, 0.717) is 12.5 Å². The molecule has 0 amide bonds. The van der Waals surface area contributed by atoms with Crippen molar-refractivity contribution >= 4 is 0 Å². The van der Waals surface area contributed by atoms with E-state index < -0.39 is 12.7 Å². The average Bonchev–Trinajstić information content (AvgIpc) is 2.31. The van der Waals surface area contributed by atoms with Crippen LogP contribution in [0.2, 0.25) is 0 Å². The van der Waals surface area contributed by atoms with Gasteiger partial charge in [0.05, 0.1) is 6.54 Å². The Kier molecular flexibility index (Phi) is 3.22. The van der Waals surface area contributed by atoms with E-state index in [1.807, 2.05) is 13.8 Å². The van der Waals surface area contributed by atoms with Crippen molar-refractivity contribution < 1.29 is 13.2 Å². The van der Waals surface area contributed by atoms with Gasteiger partial charge in [-0.2, -0.15) is 13.2 Å². The molecule has 0 aromatic heterocycles. The Hall–Kier alpha value is -0.250. The molecule has 4 heteroatoms. The zero-order valence-electron chi connectivity index (χ0n) is 8.06. The number of alkyl halides is 3. The predicted molar refractivity (Wildman–Crippen MR) is 45.5 cm³/mol. The lowest BCUT2D eigenvalue weighted by Crippen LogP contribution is -2.40. The molecule has 78 valence electrons. The molecule has 0 bridgehead atoms. The van der Waals surface area contributed by atoms with Gasteiger partial charge in [0, 0.05) is 6.04 Å². The van der Waals surface area contributed by atoms with Crippen molar-refractivity contribution in [3.05, 3.63) is 0 Å². The molecular formula is C9H16F3N. The van der Waals surface area contributed by atoms with Crippen LogP contribution in [0.25, 0.3) is 0 Å². The van der Waals surface area contributed by atoms with E-state index in [0.717, 1.165) is 12.8 Å². The van der Waals surface area contributed by atoms with Crippen molar-refractivity contribution in [2.45, 2.75) is 38.9 Å². The zero-order valence-corrected chi connectivity index (χ0v) is 8.06. The third-order valence-electron chi connectivity index (χ3n) is 2.57. The van der Waals surface area contributed by atoms with E-state index in [1.165, 1.54) is 0 Å². The molecule has 1 unspecified atom stereocenters. The maximum absolute atomic E-state index is 12.1. The van der Waals surface area contributed by atoms with Gasteiger partial charge in [-0.1, -0.05) is 13.8 Å². The molecule has 1 nitrogen and oxygen atoms in total. The van der Waals surface area contributed by atoms with Crippen molar-refractivity contribution in [2.24, 2.45) is 5.92 Å². The van der Waals surface area contributed by atoms with Crippen molar-refractivity contribution in [3.8, 4) is 0 Å². The molecule has 0 saturated carbocycles. The Bertz CT molecular complexity index is 165. The van der Waals surface area contributed by atoms with E-state index >= 15 is 0 Å². The van der Waals surface area contributed by atoms with Crippen LogP contribution in [0.15, 0.2) is 0 Å². The first-order valence-electron chi connectivity index (χ1n) is 4.71. The quantitative estimate of drug-likeness (QED) is 0.654. The van der Waals surface area contributed by atoms with Gasteiger partial charge in [-0.25, -0.2) is 0 Å². The lowest BCUT2D eigenvalue weighted by molar-refractivity contribution is -0.149. The molecule has 0 aliphatic carbocycles. The smallest absolute Gasteiger partial charge is 0.292 e. The zero-order chi connectivity index (χ0) is 10.1. The van der Waals surface area contributed by atoms with Crippen molar-refractivity contribution in [1.29, 1.82) is 0 Å².